The first kappa shape index (κ1) is 20.5. The highest BCUT2D eigenvalue weighted by Crippen LogP contribution is 2.34. The lowest BCUT2D eigenvalue weighted by Crippen LogP contribution is -2.15. The molecule has 1 heterocycles. The number of ether oxygens (including phenoxy) is 2. The number of hydrogen-bond donors (Lipinski definition) is 1. The minimum atomic E-state index is -0.405. The summed E-state index contributed by atoms with van der Waals surface area (Å²) in [6, 6.07) is 3.21. The second kappa shape index (κ2) is 9.78. The molecule has 0 unspecified atom stereocenters. The predicted octanol–water partition coefficient (Wildman–Crippen LogP) is 4.22. The summed E-state index contributed by atoms with van der Waals surface area (Å²) in [6.07, 6.45) is 3.32. The van der Waals surface area contributed by atoms with E-state index < -0.39 is 4.92 Å². The van der Waals surface area contributed by atoms with Gasteiger partial charge in [-0.1, -0.05) is 38.5 Å². The van der Waals surface area contributed by atoms with Gasteiger partial charge in [-0.05, 0) is 19.3 Å². The number of hydrogen-bond acceptors (Lipinski definition) is 6. The van der Waals surface area contributed by atoms with Crippen LogP contribution in [-0.4, -0.2) is 22.9 Å². The van der Waals surface area contributed by atoms with Crippen LogP contribution in [0.4, 0.5) is 5.69 Å². The Labute approximate surface area is 158 Å². The van der Waals surface area contributed by atoms with E-state index in [2.05, 4.69) is 25.8 Å². The highest BCUT2D eigenvalue weighted by molar-refractivity contribution is 8.13. The van der Waals surface area contributed by atoms with Crippen molar-refractivity contribution in [1.29, 1.82) is 0 Å². The molecule has 0 saturated heterocycles. The molecule has 144 valence electrons. The molecule has 0 radical (unpaired) electrons. The number of benzene rings is 1. The Kier molecular flexibility index (Phi) is 7.71. The number of rotatable bonds is 8. The van der Waals surface area contributed by atoms with Gasteiger partial charge >= 0.3 is 0 Å². The van der Waals surface area contributed by atoms with Crippen molar-refractivity contribution >= 4 is 22.6 Å². The minimum absolute atomic E-state index is 0.0333. The van der Waals surface area contributed by atoms with Gasteiger partial charge in [0.1, 0.15) is 5.75 Å². The van der Waals surface area contributed by atoms with Crippen LogP contribution in [0.5, 0.6) is 5.75 Å². The van der Waals surface area contributed by atoms with Crippen molar-refractivity contribution in [3.05, 3.63) is 33.4 Å². The predicted molar refractivity (Wildman–Crippen MR) is 104 cm³/mol. The van der Waals surface area contributed by atoms with Gasteiger partial charge in [0.05, 0.1) is 11.5 Å². The molecule has 0 aliphatic carbocycles. The molecule has 0 amide bonds. The van der Waals surface area contributed by atoms with Crippen molar-refractivity contribution < 1.29 is 14.4 Å². The van der Waals surface area contributed by atoms with Gasteiger partial charge in [0.2, 0.25) is 0 Å². The smallest absolute Gasteiger partial charge is 0.270 e. The van der Waals surface area contributed by atoms with Gasteiger partial charge in [-0.25, -0.2) is 0 Å². The fraction of sp³-hybridized carbons (Fsp3) is 0.611. The van der Waals surface area contributed by atoms with Crippen molar-refractivity contribution in [2.45, 2.75) is 58.4 Å². The summed E-state index contributed by atoms with van der Waals surface area (Å²) in [5.41, 5.74) is 7.51. The second-order valence-electron chi connectivity index (χ2n) is 6.89. The summed E-state index contributed by atoms with van der Waals surface area (Å²) >= 11 is 1.38. The first-order chi connectivity index (χ1) is 12.4. The van der Waals surface area contributed by atoms with Crippen LogP contribution in [0.3, 0.4) is 0 Å². The molecule has 1 aliphatic heterocycles. The summed E-state index contributed by atoms with van der Waals surface area (Å²) in [4.78, 5) is 15.3. The van der Waals surface area contributed by atoms with E-state index in [-0.39, 0.29) is 18.5 Å². The number of nitro benzene ring substituents is 1. The Morgan fingerprint density at radius 1 is 1.38 bits per heavy atom. The Morgan fingerprint density at radius 2 is 2.15 bits per heavy atom. The van der Waals surface area contributed by atoms with Gasteiger partial charge in [-0.3, -0.25) is 15.1 Å². The van der Waals surface area contributed by atoms with Crippen molar-refractivity contribution in [3.63, 3.8) is 0 Å². The number of fused-ring (bicyclic) bond motifs is 1. The van der Waals surface area contributed by atoms with E-state index in [1.165, 1.54) is 30.3 Å². The van der Waals surface area contributed by atoms with Gasteiger partial charge in [0.15, 0.2) is 12.0 Å². The van der Waals surface area contributed by atoms with Crippen LogP contribution < -0.4 is 10.5 Å². The second-order valence-corrected chi connectivity index (χ2v) is 7.89. The van der Waals surface area contributed by atoms with Gasteiger partial charge in [0, 0.05) is 35.1 Å². The van der Waals surface area contributed by atoms with Crippen LogP contribution in [-0.2, 0) is 17.1 Å². The van der Waals surface area contributed by atoms with Gasteiger partial charge < -0.3 is 15.2 Å². The average Bonchev–Trinajstić information content (AvgIpc) is 2.58. The number of nitro groups is 1. The fourth-order valence-corrected chi connectivity index (χ4v) is 3.56. The zero-order valence-corrected chi connectivity index (χ0v) is 16.4. The van der Waals surface area contributed by atoms with E-state index in [1.54, 1.807) is 0 Å². The lowest BCUT2D eigenvalue weighted by Gasteiger charge is -2.20. The molecular formula is C18H27N3O4S. The highest BCUT2D eigenvalue weighted by atomic mass is 32.2. The van der Waals surface area contributed by atoms with Crippen molar-refractivity contribution in [2.75, 3.05) is 6.79 Å². The maximum atomic E-state index is 11.1. The lowest BCUT2D eigenvalue weighted by molar-refractivity contribution is -0.385. The van der Waals surface area contributed by atoms with Crippen molar-refractivity contribution in [3.8, 4) is 5.75 Å². The third-order valence-electron chi connectivity index (χ3n) is 4.11. The largest absolute Gasteiger partial charge is 0.467 e. The number of nitrogens with two attached hydrogens (primary N) is 1. The van der Waals surface area contributed by atoms with Crippen LogP contribution in [0.25, 0.3) is 0 Å². The number of non-ortho nitro benzene ring substituents is 1. The molecule has 0 saturated carbocycles. The van der Waals surface area contributed by atoms with E-state index in [9.17, 15) is 10.1 Å². The van der Waals surface area contributed by atoms with Crippen LogP contribution in [0.15, 0.2) is 17.1 Å². The molecule has 0 fully saturated rings. The molecule has 0 bridgehead atoms. The van der Waals surface area contributed by atoms with E-state index >= 15 is 0 Å². The molecule has 1 aromatic rings. The molecule has 2 N–H and O–H groups in total. The van der Waals surface area contributed by atoms with Crippen molar-refractivity contribution in [1.82, 2.24) is 0 Å². The monoisotopic (exact) mass is 381 g/mol. The molecular weight excluding hydrogens is 354 g/mol. The van der Waals surface area contributed by atoms with Gasteiger partial charge in [-0.2, -0.15) is 0 Å². The Hall–Kier alpha value is -1.80. The summed E-state index contributed by atoms with van der Waals surface area (Å²) in [7, 11) is 0. The SMILES string of the molecule is CC(C)CCC[C@@H](C)N=C(N)SCc1cc([N+](=O)[O-])cc2c1OCOC2. The summed E-state index contributed by atoms with van der Waals surface area (Å²) < 4.78 is 10.8. The van der Waals surface area contributed by atoms with Crippen LogP contribution in [0.2, 0.25) is 0 Å². The molecule has 2 rings (SSSR count). The molecule has 1 aliphatic rings. The van der Waals surface area contributed by atoms with E-state index in [1.807, 2.05) is 0 Å². The molecule has 1 atom stereocenters. The minimum Gasteiger partial charge on any atom is -0.467 e. The van der Waals surface area contributed by atoms with Crippen LogP contribution in [0.1, 0.15) is 51.2 Å². The maximum Gasteiger partial charge on any atom is 0.270 e. The molecule has 0 aromatic heterocycles. The Bertz CT molecular complexity index is 664. The number of amidine groups is 1. The van der Waals surface area contributed by atoms with E-state index in [0.29, 0.717) is 34.8 Å². The standard InChI is InChI=1S/C18H27N3O4S/c1-12(2)5-4-6-13(3)20-18(19)26-10-15-8-16(21(22)23)7-14-9-24-11-25-17(14)15/h7-8,12-13H,4-6,9-11H2,1-3H3,(H2,19,20)/t13-/m1/s1. The van der Waals surface area contributed by atoms with Gasteiger partial charge in [0.25, 0.3) is 5.69 Å². The topological polar surface area (TPSA) is 100.0 Å². The maximum absolute atomic E-state index is 11.1. The molecule has 0 spiro atoms. The van der Waals surface area contributed by atoms with E-state index in [4.69, 9.17) is 15.2 Å². The lowest BCUT2D eigenvalue weighted by atomic mass is 10.0. The summed E-state index contributed by atoms with van der Waals surface area (Å²) in [5, 5.41) is 11.6. The van der Waals surface area contributed by atoms with Crippen LogP contribution in [0, 0.1) is 16.0 Å². The average molecular weight is 381 g/mol. The third kappa shape index (κ3) is 6.17. The highest BCUT2D eigenvalue weighted by Gasteiger charge is 2.21. The number of thioether (sulfide) groups is 1. The zero-order chi connectivity index (χ0) is 19.1. The first-order valence-electron chi connectivity index (χ1n) is 8.83. The Morgan fingerprint density at radius 3 is 2.85 bits per heavy atom. The number of aliphatic imine (C=N–C) groups is 1. The molecule has 1 aromatic carbocycles. The normalized spacial score (nSPS) is 15.5. The third-order valence-corrected chi connectivity index (χ3v) is 4.97. The Balaban J connectivity index is 2.00. The summed E-state index contributed by atoms with van der Waals surface area (Å²) in [5.74, 6) is 1.83. The van der Waals surface area contributed by atoms with Crippen LogP contribution >= 0.6 is 11.8 Å². The first-order valence-corrected chi connectivity index (χ1v) is 9.82. The fourth-order valence-electron chi connectivity index (χ4n) is 2.79. The quantitative estimate of drug-likeness (QED) is 0.313. The van der Waals surface area contributed by atoms with E-state index in [0.717, 1.165) is 18.4 Å². The summed E-state index contributed by atoms with van der Waals surface area (Å²) in [6.45, 7) is 6.95. The van der Waals surface area contributed by atoms with Crippen molar-refractivity contribution in [2.24, 2.45) is 16.6 Å². The number of nitrogens with zero attached hydrogens (tertiary/aromatic N) is 2. The van der Waals surface area contributed by atoms with Gasteiger partial charge in [-0.15, -0.1) is 0 Å². The zero-order valence-electron chi connectivity index (χ0n) is 15.6. The molecule has 8 heteroatoms. The molecule has 26 heavy (non-hydrogen) atoms. The molecule has 7 nitrogen and oxygen atoms in total.